The summed E-state index contributed by atoms with van der Waals surface area (Å²) in [6.45, 7) is 6.42. The minimum atomic E-state index is -3.38. The topological polar surface area (TPSA) is 66.6 Å². The molecular formula is C15H31N3O2S. The van der Waals surface area contributed by atoms with Crippen LogP contribution in [0.5, 0.6) is 0 Å². The van der Waals surface area contributed by atoms with Gasteiger partial charge in [-0.05, 0) is 31.6 Å². The van der Waals surface area contributed by atoms with E-state index < -0.39 is 10.2 Å². The molecule has 0 aromatic carbocycles. The van der Waals surface area contributed by atoms with E-state index in [0.29, 0.717) is 32.1 Å². The summed E-state index contributed by atoms with van der Waals surface area (Å²) in [5, 5.41) is 0. The number of likely N-dealkylation sites (N-methyl/N-ethyl adjacent to an activating group) is 1. The summed E-state index contributed by atoms with van der Waals surface area (Å²) < 4.78 is 29.6. The highest BCUT2D eigenvalue weighted by Gasteiger charge is 2.46. The number of nitrogens with zero attached hydrogens (tertiary/aromatic N) is 2. The van der Waals surface area contributed by atoms with Gasteiger partial charge < -0.3 is 5.73 Å². The minimum absolute atomic E-state index is 0.372. The van der Waals surface area contributed by atoms with E-state index in [9.17, 15) is 8.42 Å². The Labute approximate surface area is 130 Å². The van der Waals surface area contributed by atoms with Crippen molar-refractivity contribution in [1.29, 1.82) is 0 Å². The molecule has 0 spiro atoms. The van der Waals surface area contributed by atoms with Gasteiger partial charge in [-0.15, -0.1) is 0 Å². The van der Waals surface area contributed by atoms with Crippen LogP contribution in [0.25, 0.3) is 0 Å². The zero-order valence-electron chi connectivity index (χ0n) is 13.6. The molecule has 6 heteroatoms. The molecule has 124 valence electrons. The Morgan fingerprint density at radius 2 is 1.90 bits per heavy atom. The van der Waals surface area contributed by atoms with Crippen LogP contribution < -0.4 is 5.73 Å². The van der Waals surface area contributed by atoms with Crippen molar-refractivity contribution in [2.45, 2.75) is 64.3 Å². The van der Waals surface area contributed by atoms with Crippen molar-refractivity contribution in [3.8, 4) is 0 Å². The summed E-state index contributed by atoms with van der Waals surface area (Å²) >= 11 is 0. The lowest BCUT2D eigenvalue weighted by atomic mass is 9.76. The largest absolute Gasteiger partial charge is 0.329 e. The van der Waals surface area contributed by atoms with Crippen molar-refractivity contribution >= 4 is 10.2 Å². The van der Waals surface area contributed by atoms with Crippen LogP contribution in [0.1, 0.15) is 58.8 Å². The standard InChI is InChI=1S/C15H31N3O2S/c1-3-18(15(13-16)9-7-8-14(2)12-15)21(19,20)17-10-5-4-6-11-17/h14H,3-13,16H2,1-2H3. The lowest BCUT2D eigenvalue weighted by molar-refractivity contribution is 0.104. The number of rotatable bonds is 5. The normalized spacial score (nSPS) is 32.5. The van der Waals surface area contributed by atoms with Crippen LogP contribution in [0.2, 0.25) is 0 Å². The van der Waals surface area contributed by atoms with E-state index in [0.717, 1.165) is 38.5 Å². The molecule has 2 fully saturated rings. The number of nitrogens with two attached hydrogens (primary N) is 1. The average Bonchev–Trinajstić information content (AvgIpc) is 2.48. The molecule has 2 rings (SSSR count). The Kier molecular flexibility index (Phi) is 5.68. The zero-order valence-corrected chi connectivity index (χ0v) is 14.4. The summed E-state index contributed by atoms with van der Waals surface area (Å²) in [5.74, 6) is 0.549. The molecule has 0 bridgehead atoms. The first-order chi connectivity index (χ1) is 9.96. The highest BCUT2D eigenvalue weighted by Crippen LogP contribution is 2.38. The fraction of sp³-hybridized carbons (Fsp3) is 1.00. The van der Waals surface area contributed by atoms with Gasteiger partial charge in [-0.3, -0.25) is 0 Å². The third-order valence-electron chi connectivity index (χ3n) is 5.18. The van der Waals surface area contributed by atoms with Gasteiger partial charge in [0.1, 0.15) is 0 Å². The molecule has 0 radical (unpaired) electrons. The monoisotopic (exact) mass is 317 g/mol. The van der Waals surface area contributed by atoms with Crippen LogP contribution in [0.15, 0.2) is 0 Å². The summed E-state index contributed by atoms with van der Waals surface area (Å²) in [6.07, 6.45) is 7.13. The van der Waals surface area contributed by atoms with E-state index >= 15 is 0 Å². The molecule has 0 aromatic rings. The molecule has 1 saturated carbocycles. The van der Waals surface area contributed by atoms with E-state index in [1.807, 2.05) is 6.92 Å². The fourth-order valence-corrected chi connectivity index (χ4v) is 6.18. The van der Waals surface area contributed by atoms with E-state index in [1.165, 1.54) is 6.42 Å². The van der Waals surface area contributed by atoms with Crippen molar-refractivity contribution in [1.82, 2.24) is 8.61 Å². The van der Waals surface area contributed by atoms with Gasteiger partial charge in [0.15, 0.2) is 0 Å². The molecule has 0 aromatic heterocycles. The van der Waals surface area contributed by atoms with Crippen LogP contribution in [0.3, 0.4) is 0 Å². The summed E-state index contributed by atoms with van der Waals surface area (Å²) in [6, 6.07) is 0. The molecule has 21 heavy (non-hydrogen) atoms. The molecular weight excluding hydrogens is 286 g/mol. The highest BCUT2D eigenvalue weighted by atomic mass is 32.2. The Hall–Kier alpha value is -0.170. The SMILES string of the molecule is CCN(C1(CN)CCCC(C)C1)S(=O)(=O)N1CCCCC1. The minimum Gasteiger partial charge on any atom is -0.329 e. The van der Waals surface area contributed by atoms with E-state index in [1.54, 1.807) is 8.61 Å². The highest BCUT2D eigenvalue weighted by molar-refractivity contribution is 7.86. The maximum absolute atomic E-state index is 13.1. The van der Waals surface area contributed by atoms with Gasteiger partial charge in [-0.1, -0.05) is 33.1 Å². The summed E-state index contributed by atoms with van der Waals surface area (Å²) in [7, 11) is -3.38. The van der Waals surface area contributed by atoms with Crippen molar-refractivity contribution in [2.24, 2.45) is 11.7 Å². The van der Waals surface area contributed by atoms with Crippen molar-refractivity contribution < 1.29 is 8.42 Å². The fourth-order valence-electron chi connectivity index (χ4n) is 4.12. The molecule has 1 saturated heterocycles. The van der Waals surface area contributed by atoms with Crippen LogP contribution >= 0.6 is 0 Å². The second kappa shape index (κ2) is 6.94. The zero-order chi connectivity index (χ0) is 15.5. The van der Waals surface area contributed by atoms with Crippen molar-refractivity contribution in [3.05, 3.63) is 0 Å². The van der Waals surface area contributed by atoms with Crippen LogP contribution in [0.4, 0.5) is 0 Å². The maximum Gasteiger partial charge on any atom is 0.282 e. The van der Waals surface area contributed by atoms with Crippen molar-refractivity contribution in [2.75, 3.05) is 26.2 Å². The Morgan fingerprint density at radius 1 is 1.24 bits per heavy atom. The van der Waals surface area contributed by atoms with Crippen LogP contribution in [-0.2, 0) is 10.2 Å². The molecule has 1 heterocycles. The van der Waals surface area contributed by atoms with Gasteiger partial charge in [0.25, 0.3) is 10.2 Å². The molecule has 2 aliphatic rings. The second-order valence-corrected chi connectivity index (χ2v) is 8.62. The third kappa shape index (κ3) is 3.44. The third-order valence-corrected chi connectivity index (χ3v) is 7.40. The Morgan fingerprint density at radius 3 is 2.43 bits per heavy atom. The predicted molar refractivity (Wildman–Crippen MR) is 86.1 cm³/mol. The summed E-state index contributed by atoms with van der Waals surface area (Å²) in [4.78, 5) is 0. The lowest BCUT2D eigenvalue weighted by Crippen LogP contribution is -2.61. The molecule has 2 N–H and O–H groups in total. The van der Waals surface area contributed by atoms with Gasteiger partial charge in [-0.25, -0.2) is 0 Å². The molecule has 0 amide bonds. The number of piperidine rings is 1. The van der Waals surface area contributed by atoms with Crippen LogP contribution in [0, 0.1) is 5.92 Å². The van der Waals surface area contributed by atoms with Crippen LogP contribution in [-0.4, -0.2) is 48.7 Å². The van der Waals surface area contributed by atoms with Gasteiger partial charge in [0.05, 0.1) is 0 Å². The van der Waals surface area contributed by atoms with Gasteiger partial charge >= 0.3 is 0 Å². The molecule has 2 atom stereocenters. The number of hydrogen-bond acceptors (Lipinski definition) is 3. The lowest BCUT2D eigenvalue weighted by Gasteiger charge is -2.48. The first-order valence-electron chi connectivity index (χ1n) is 8.44. The molecule has 2 unspecified atom stereocenters. The van der Waals surface area contributed by atoms with Crippen molar-refractivity contribution in [3.63, 3.8) is 0 Å². The predicted octanol–water partition coefficient (Wildman–Crippen LogP) is 1.95. The molecule has 1 aliphatic heterocycles. The quantitative estimate of drug-likeness (QED) is 0.843. The summed E-state index contributed by atoms with van der Waals surface area (Å²) in [5.41, 5.74) is 5.71. The Balaban J connectivity index is 2.27. The van der Waals surface area contributed by atoms with Gasteiger partial charge in [0.2, 0.25) is 0 Å². The van der Waals surface area contributed by atoms with E-state index in [-0.39, 0.29) is 5.54 Å². The first-order valence-corrected chi connectivity index (χ1v) is 9.84. The van der Waals surface area contributed by atoms with E-state index in [2.05, 4.69) is 6.92 Å². The van der Waals surface area contributed by atoms with E-state index in [4.69, 9.17) is 5.73 Å². The van der Waals surface area contributed by atoms with Gasteiger partial charge in [-0.2, -0.15) is 17.0 Å². The first kappa shape index (κ1) is 17.2. The smallest absolute Gasteiger partial charge is 0.282 e. The van der Waals surface area contributed by atoms with Gasteiger partial charge in [0, 0.05) is 31.7 Å². The average molecular weight is 317 g/mol. The molecule has 5 nitrogen and oxygen atoms in total. The second-order valence-electron chi connectivity index (χ2n) is 6.76. The number of hydrogen-bond donors (Lipinski definition) is 1. The molecule has 1 aliphatic carbocycles. The maximum atomic E-state index is 13.1. The Bertz CT molecular complexity index is 434.